The topological polar surface area (TPSA) is 41.6 Å². The molecule has 3 rings (SSSR count). The fraction of sp³-hybridized carbons (Fsp3) is 0.533. The summed E-state index contributed by atoms with van der Waals surface area (Å²) in [7, 11) is 0. The van der Waals surface area contributed by atoms with Crippen LogP contribution in [0.4, 0.5) is 4.39 Å². The number of nitrogens with zero attached hydrogens (tertiary/aromatic N) is 1. The number of nitrogens with one attached hydrogen (secondary N) is 1. The average molecular weight is 315 g/mol. The smallest absolute Gasteiger partial charge is 0.253 e. The van der Waals surface area contributed by atoms with Gasteiger partial charge in [0.15, 0.2) is 0 Å². The minimum atomic E-state index is -0.434. The maximum absolute atomic E-state index is 13.8. The number of hydrogen-bond donors (Lipinski definition) is 1. The Bertz CT molecular complexity index is 490. The van der Waals surface area contributed by atoms with Gasteiger partial charge < -0.3 is 15.0 Å². The van der Waals surface area contributed by atoms with Crippen LogP contribution in [0.5, 0.6) is 0 Å². The Kier molecular flexibility index (Phi) is 5.56. The van der Waals surface area contributed by atoms with Gasteiger partial charge in [-0.15, -0.1) is 12.4 Å². The Balaban J connectivity index is 0.00000161. The predicted octanol–water partition coefficient (Wildman–Crippen LogP) is 1.73. The van der Waals surface area contributed by atoms with Crippen LogP contribution in [0.1, 0.15) is 18.4 Å². The van der Waals surface area contributed by atoms with Gasteiger partial charge in [-0.05, 0) is 18.9 Å². The van der Waals surface area contributed by atoms with Gasteiger partial charge in [-0.2, -0.15) is 0 Å². The van der Waals surface area contributed by atoms with Crippen molar-refractivity contribution in [2.24, 2.45) is 0 Å². The molecule has 116 valence electrons. The molecular weight excluding hydrogens is 295 g/mol. The van der Waals surface area contributed by atoms with Gasteiger partial charge in [-0.3, -0.25) is 4.79 Å². The first kappa shape index (κ1) is 16.2. The molecule has 1 saturated heterocycles. The largest absolute Gasteiger partial charge is 0.366 e. The maximum atomic E-state index is 13.8. The van der Waals surface area contributed by atoms with E-state index in [0.717, 1.165) is 19.4 Å². The van der Waals surface area contributed by atoms with Gasteiger partial charge in [0.2, 0.25) is 0 Å². The van der Waals surface area contributed by atoms with Crippen molar-refractivity contribution in [2.75, 3.05) is 19.7 Å². The molecule has 2 aliphatic rings. The molecule has 1 N–H and O–H groups in total. The van der Waals surface area contributed by atoms with E-state index in [9.17, 15) is 9.18 Å². The molecule has 1 aromatic rings. The van der Waals surface area contributed by atoms with E-state index >= 15 is 0 Å². The summed E-state index contributed by atoms with van der Waals surface area (Å²) in [6, 6.07) is 6.87. The first-order chi connectivity index (χ1) is 9.75. The molecule has 1 unspecified atom stereocenters. The second kappa shape index (κ2) is 7.20. The van der Waals surface area contributed by atoms with E-state index in [4.69, 9.17) is 4.74 Å². The normalized spacial score (nSPS) is 21.5. The van der Waals surface area contributed by atoms with Crippen LogP contribution in [-0.4, -0.2) is 42.6 Å². The molecule has 1 atom stereocenters. The number of morpholine rings is 1. The monoisotopic (exact) mass is 314 g/mol. The minimum absolute atomic E-state index is 0. The molecule has 1 saturated carbocycles. The third-order valence-corrected chi connectivity index (χ3v) is 3.77. The van der Waals surface area contributed by atoms with E-state index in [0.29, 0.717) is 25.3 Å². The van der Waals surface area contributed by atoms with Crippen LogP contribution in [0.25, 0.3) is 0 Å². The summed E-state index contributed by atoms with van der Waals surface area (Å²) < 4.78 is 19.3. The molecule has 21 heavy (non-hydrogen) atoms. The van der Waals surface area contributed by atoms with Crippen LogP contribution < -0.4 is 5.32 Å². The van der Waals surface area contributed by atoms with Gasteiger partial charge in [-0.25, -0.2) is 4.39 Å². The van der Waals surface area contributed by atoms with E-state index < -0.39 is 6.10 Å². The summed E-state index contributed by atoms with van der Waals surface area (Å²) in [6.07, 6.45) is 1.57. The lowest BCUT2D eigenvalue weighted by molar-refractivity contribution is -0.146. The summed E-state index contributed by atoms with van der Waals surface area (Å²) >= 11 is 0. The lowest BCUT2D eigenvalue weighted by atomic mass is 10.1. The number of amides is 1. The van der Waals surface area contributed by atoms with Gasteiger partial charge in [0.1, 0.15) is 11.9 Å². The number of halogens is 2. The Hall–Kier alpha value is -1.17. The van der Waals surface area contributed by atoms with Crippen molar-refractivity contribution in [3.05, 3.63) is 35.6 Å². The number of rotatable bonds is 4. The number of carbonyl (C=O) groups is 1. The molecule has 0 aromatic heterocycles. The van der Waals surface area contributed by atoms with Crippen LogP contribution >= 0.6 is 12.4 Å². The number of hydrogen-bond acceptors (Lipinski definition) is 3. The highest BCUT2D eigenvalue weighted by atomic mass is 35.5. The second-order valence-corrected chi connectivity index (χ2v) is 5.35. The van der Waals surface area contributed by atoms with Crippen molar-refractivity contribution in [2.45, 2.75) is 31.5 Å². The molecule has 1 heterocycles. The SMILES string of the molecule is Cl.O=C(C1CNCCO1)N(Cc1ccccc1F)C1CC1. The summed E-state index contributed by atoms with van der Waals surface area (Å²) in [4.78, 5) is 14.3. The highest BCUT2D eigenvalue weighted by molar-refractivity contribution is 5.85. The summed E-state index contributed by atoms with van der Waals surface area (Å²) in [5.41, 5.74) is 0.566. The first-order valence-corrected chi connectivity index (χ1v) is 7.12. The van der Waals surface area contributed by atoms with Crippen LogP contribution in [0.3, 0.4) is 0 Å². The molecule has 1 aromatic carbocycles. The second-order valence-electron chi connectivity index (χ2n) is 5.35. The lowest BCUT2D eigenvalue weighted by Gasteiger charge is -2.30. The van der Waals surface area contributed by atoms with E-state index in [2.05, 4.69) is 5.32 Å². The van der Waals surface area contributed by atoms with E-state index in [1.54, 1.807) is 23.1 Å². The Morgan fingerprint density at radius 3 is 2.76 bits per heavy atom. The quantitative estimate of drug-likeness (QED) is 0.920. The van der Waals surface area contributed by atoms with Gasteiger partial charge in [0, 0.05) is 31.2 Å². The van der Waals surface area contributed by atoms with E-state index in [1.165, 1.54) is 6.07 Å². The number of benzene rings is 1. The van der Waals surface area contributed by atoms with Crippen LogP contribution in [0, 0.1) is 5.82 Å². The molecule has 4 nitrogen and oxygen atoms in total. The standard InChI is InChI=1S/C15H19FN2O2.ClH/c16-13-4-2-1-3-11(13)10-18(12-5-6-12)15(19)14-9-17-7-8-20-14;/h1-4,12,14,17H,5-10H2;1H. The third-order valence-electron chi connectivity index (χ3n) is 3.77. The van der Waals surface area contributed by atoms with Gasteiger partial charge in [0.05, 0.1) is 6.61 Å². The molecule has 1 aliphatic carbocycles. The van der Waals surface area contributed by atoms with Gasteiger partial charge in [-0.1, -0.05) is 18.2 Å². The molecule has 0 spiro atoms. The number of carbonyl (C=O) groups excluding carboxylic acids is 1. The Morgan fingerprint density at radius 1 is 1.38 bits per heavy atom. The zero-order valence-electron chi connectivity index (χ0n) is 11.8. The van der Waals surface area contributed by atoms with Crippen molar-refractivity contribution < 1.29 is 13.9 Å². The molecular formula is C15H20ClFN2O2. The molecule has 1 amide bonds. The van der Waals surface area contributed by atoms with Crippen molar-refractivity contribution in [1.82, 2.24) is 10.2 Å². The summed E-state index contributed by atoms with van der Waals surface area (Å²) in [6.45, 7) is 2.20. The minimum Gasteiger partial charge on any atom is -0.366 e. The van der Waals surface area contributed by atoms with Crippen molar-refractivity contribution in [1.29, 1.82) is 0 Å². The van der Waals surface area contributed by atoms with Crippen LogP contribution in [-0.2, 0) is 16.1 Å². The molecule has 0 radical (unpaired) electrons. The zero-order valence-corrected chi connectivity index (χ0v) is 12.6. The average Bonchev–Trinajstić information content (AvgIpc) is 3.31. The molecule has 2 fully saturated rings. The first-order valence-electron chi connectivity index (χ1n) is 7.12. The molecule has 0 bridgehead atoms. The Morgan fingerprint density at radius 2 is 2.14 bits per heavy atom. The van der Waals surface area contributed by atoms with Gasteiger partial charge in [0.25, 0.3) is 5.91 Å². The van der Waals surface area contributed by atoms with Crippen molar-refractivity contribution in [3.8, 4) is 0 Å². The van der Waals surface area contributed by atoms with Crippen molar-refractivity contribution >= 4 is 18.3 Å². The third kappa shape index (κ3) is 3.93. The zero-order chi connectivity index (χ0) is 13.9. The number of ether oxygens (including phenoxy) is 1. The fourth-order valence-corrected chi connectivity index (χ4v) is 2.49. The highest BCUT2D eigenvalue weighted by Gasteiger charge is 2.37. The van der Waals surface area contributed by atoms with Crippen LogP contribution in [0.2, 0.25) is 0 Å². The Labute approximate surface area is 130 Å². The fourth-order valence-electron chi connectivity index (χ4n) is 2.49. The van der Waals surface area contributed by atoms with Gasteiger partial charge >= 0.3 is 0 Å². The maximum Gasteiger partial charge on any atom is 0.253 e. The summed E-state index contributed by atoms with van der Waals surface area (Å²) in [5.74, 6) is -0.281. The summed E-state index contributed by atoms with van der Waals surface area (Å²) in [5, 5.41) is 3.16. The highest BCUT2D eigenvalue weighted by Crippen LogP contribution is 2.29. The van der Waals surface area contributed by atoms with E-state index in [1.807, 2.05) is 0 Å². The van der Waals surface area contributed by atoms with E-state index in [-0.39, 0.29) is 30.2 Å². The predicted molar refractivity (Wildman–Crippen MR) is 79.8 cm³/mol. The molecule has 1 aliphatic heterocycles. The van der Waals surface area contributed by atoms with Crippen LogP contribution in [0.15, 0.2) is 24.3 Å². The molecule has 6 heteroatoms. The van der Waals surface area contributed by atoms with Crippen molar-refractivity contribution in [3.63, 3.8) is 0 Å². The lowest BCUT2D eigenvalue weighted by Crippen LogP contribution is -2.49.